The summed E-state index contributed by atoms with van der Waals surface area (Å²) < 4.78 is 5.63. The highest BCUT2D eigenvalue weighted by Crippen LogP contribution is 2.12. The molecule has 0 aromatic carbocycles. The van der Waals surface area contributed by atoms with Crippen LogP contribution in [0, 0.1) is 0 Å². The van der Waals surface area contributed by atoms with Gasteiger partial charge in [0.2, 0.25) is 5.91 Å². The Morgan fingerprint density at radius 2 is 1.79 bits per heavy atom. The Labute approximate surface area is 117 Å². The average Bonchev–Trinajstić information content (AvgIpc) is 2.41. The lowest BCUT2D eigenvalue weighted by Gasteiger charge is -2.34. The Kier molecular flexibility index (Phi) is 6.11. The van der Waals surface area contributed by atoms with Gasteiger partial charge in [-0.25, -0.2) is 0 Å². The summed E-state index contributed by atoms with van der Waals surface area (Å²) in [6, 6.07) is 0. The molecule has 110 valence electrons. The van der Waals surface area contributed by atoms with Gasteiger partial charge in [-0.15, -0.1) is 0 Å². The topological polar surface area (TPSA) is 32.8 Å². The van der Waals surface area contributed by atoms with E-state index >= 15 is 0 Å². The van der Waals surface area contributed by atoms with Crippen molar-refractivity contribution in [3.05, 3.63) is 0 Å². The monoisotopic (exact) mass is 268 g/mol. The molecule has 2 rings (SSSR count). The molecule has 2 aliphatic heterocycles. The minimum absolute atomic E-state index is 0.241. The molecule has 0 bridgehead atoms. The molecule has 4 nitrogen and oxygen atoms in total. The molecule has 0 N–H and O–H groups in total. The third-order valence-electron chi connectivity index (χ3n) is 4.25. The van der Waals surface area contributed by atoms with E-state index in [2.05, 4.69) is 11.8 Å². The first kappa shape index (κ1) is 14.8. The number of ether oxygens (including phenoxy) is 1. The summed E-state index contributed by atoms with van der Waals surface area (Å²) in [6.07, 6.45) is 7.73. The third kappa shape index (κ3) is 4.77. The second kappa shape index (κ2) is 7.85. The van der Waals surface area contributed by atoms with Crippen LogP contribution in [0.4, 0.5) is 0 Å². The van der Waals surface area contributed by atoms with Crippen molar-refractivity contribution >= 4 is 5.91 Å². The molecule has 0 aromatic heterocycles. The summed E-state index contributed by atoms with van der Waals surface area (Å²) in [4.78, 5) is 16.7. The van der Waals surface area contributed by atoms with Crippen molar-refractivity contribution < 1.29 is 9.53 Å². The Morgan fingerprint density at radius 1 is 1.11 bits per heavy atom. The van der Waals surface area contributed by atoms with Crippen molar-refractivity contribution in [3.63, 3.8) is 0 Å². The van der Waals surface area contributed by atoms with Crippen molar-refractivity contribution in [1.82, 2.24) is 9.80 Å². The molecule has 1 atom stereocenters. The molecule has 2 saturated heterocycles. The van der Waals surface area contributed by atoms with Crippen LogP contribution in [0.3, 0.4) is 0 Å². The molecular formula is C15H28N2O2. The first-order valence-electron chi connectivity index (χ1n) is 7.91. The number of hydrogen-bond acceptors (Lipinski definition) is 3. The first-order chi connectivity index (χ1) is 9.29. The fourth-order valence-corrected chi connectivity index (χ4v) is 2.96. The number of hydrogen-bond donors (Lipinski definition) is 0. The fraction of sp³-hybridized carbons (Fsp3) is 0.933. The van der Waals surface area contributed by atoms with Crippen LogP contribution < -0.4 is 0 Å². The maximum Gasteiger partial charge on any atom is 0.236 e. The van der Waals surface area contributed by atoms with Gasteiger partial charge < -0.3 is 9.64 Å². The average molecular weight is 268 g/mol. The summed E-state index contributed by atoms with van der Waals surface area (Å²) >= 11 is 0. The summed E-state index contributed by atoms with van der Waals surface area (Å²) in [5, 5.41) is 0. The quantitative estimate of drug-likeness (QED) is 0.783. The lowest BCUT2D eigenvalue weighted by molar-refractivity contribution is -0.140. The molecule has 0 unspecified atom stereocenters. The van der Waals surface area contributed by atoms with Crippen molar-refractivity contribution in [3.8, 4) is 0 Å². The number of carbonyl (C=O) groups is 1. The molecule has 0 saturated carbocycles. The van der Waals surface area contributed by atoms with E-state index in [1.165, 1.54) is 32.1 Å². The Bertz CT molecular complexity index is 275. The Hall–Kier alpha value is -0.610. The summed E-state index contributed by atoms with van der Waals surface area (Å²) in [5.74, 6) is 0.294. The van der Waals surface area contributed by atoms with E-state index in [9.17, 15) is 4.79 Å². The molecule has 0 aromatic rings. The fourth-order valence-electron chi connectivity index (χ4n) is 2.96. The number of rotatable bonds is 3. The summed E-state index contributed by atoms with van der Waals surface area (Å²) in [5.41, 5.74) is 0. The van der Waals surface area contributed by atoms with Crippen LogP contribution in [0.1, 0.15) is 45.4 Å². The second-order valence-electron chi connectivity index (χ2n) is 5.78. The molecule has 2 heterocycles. The van der Waals surface area contributed by atoms with Crippen LogP contribution in [0.2, 0.25) is 0 Å². The van der Waals surface area contributed by atoms with Crippen molar-refractivity contribution in [2.45, 2.75) is 51.6 Å². The van der Waals surface area contributed by atoms with Crippen LogP contribution in [0.25, 0.3) is 0 Å². The molecule has 0 radical (unpaired) electrons. The van der Waals surface area contributed by atoms with E-state index in [1.807, 2.05) is 4.90 Å². The van der Waals surface area contributed by atoms with E-state index in [1.54, 1.807) is 0 Å². The lowest BCUT2D eigenvalue weighted by Crippen LogP contribution is -2.49. The maximum atomic E-state index is 12.4. The predicted molar refractivity (Wildman–Crippen MR) is 76.1 cm³/mol. The zero-order valence-electron chi connectivity index (χ0n) is 12.3. The number of amides is 1. The van der Waals surface area contributed by atoms with Gasteiger partial charge in [-0.2, -0.15) is 0 Å². The van der Waals surface area contributed by atoms with Gasteiger partial charge in [0, 0.05) is 13.1 Å². The minimum atomic E-state index is 0.241. The molecule has 19 heavy (non-hydrogen) atoms. The largest absolute Gasteiger partial charge is 0.375 e. The van der Waals surface area contributed by atoms with Gasteiger partial charge in [-0.1, -0.05) is 26.2 Å². The van der Waals surface area contributed by atoms with Gasteiger partial charge in [0.15, 0.2) is 0 Å². The lowest BCUT2D eigenvalue weighted by atomic mass is 10.1. The van der Waals surface area contributed by atoms with Crippen molar-refractivity contribution in [2.75, 3.05) is 39.3 Å². The van der Waals surface area contributed by atoms with E-state index in [0.29, 0.717) is 19.1 Å². The Balaban J connectivity index is 1.78. The van der Waals surface area contributed by atoms with E-state index in [0.717, 1.165) is 32.6 Å². The first-order valence-corrected chi connectivity index (χ1v) is 7.91. The standard InChI is InChI=1S/C15H28N2O2/c1-2-14-12-17(10-11-19-14)15(18)13-16-8-6-4-3-5-7-9-16/h14H,2-13H2,1H3/t14-/m0/s1. The molecule has 0 aliphatic carbocycles. The molecule has 2 aliphatic rings. The third-order valence-corrected chi connectivity index (χ3v) is 4.25. The number of nitrogens with zero attached hydrogens (tertiary/aromatic N) is 2. The summed E-state index contributed by atoms with van der Waals surface area (Å²) in [6.45, 7) is 7.16. The molecule has 0 spiro atoms. The van der Waals surface area contributed by atoms with Crippen molar-refractivity contribution in [1.29, 1.82) is 0 Å². The smallest absolute Gasteiger partial charge is 0.236 e. The van der Waals surface area contributed by atoms with Crippen LogP contribution in [0.5, 0.6) is 0 Å². The zero-order valence-corrected chi connectivity index (χ0v) is 12.3. The van der Waals surface area contributed by atoms with Gasteiger partial charge in [0.1, 0.15) is 0 Å². The molecule has 2 fully saturated rings. The van der Waals surface area contributed by atoms with Crippen LogP contribution in [-0.2, 0) is 9.53 Å². The second-order valence-corrected chi connectivity index (χ2v) is 5.78. The predicted octanol–water partition coefficient (Wildman–Crippen LogP) is 1.89. The van der Waals surface area contributed by atoms with E-state index in [-0.39, 0.29) is 6.10 Å². The van der Waals surface area contributed by atoms with Gasteiger partial charge in [0.25, 0.3) is 0 Å². The normalized spacial score (nSPS) is 26.8. The molecule has 4 heteroatoms. The van der Waals surface area contributed by atoms with Gasteiger partial charge in [-0.3, -0.25) is 9.69 Å². The van der Waals surface area contributed by atoms with Gasteiger partial charge >= 0.3 is 0 Å². The highest BCUT2D eigenvalue weighted by atomic mass is 16.5. The van der Waals surface area contributed by atoms with Crippen LogP contribution in [0.15, 0.2) is 0 Å². The minimum Gasteiger partial charge on any atom is -0.375 e. The molecular weight excluding hydrogens is 240 g/mol. The highest BCUT2D eigenvalue weighted by Gasteiger charge is 2.24. The molecule has 1 amide bonds. The zero-order chi connectivity index (χ0) is 13.5. The number of morpholine rings is 1. The van der Waals surface area contributed by atoms with Crippen molar-refractivity contribution in [2.24, 2.45) is 0 Å². The van der Waals surface area contributed by atoms with Gasteiger partial charge in [-0.05, 0) is 32.4 Å². The Morgan fingerprint density at radius 3 is 2.47 bits per heavy atom. The van der Waals surface area contributed by atoms with Crippen LogP contribution >= 0.6 is 0 Å². The van der Waals surface area contributed by atoms with Gasteiger partial charge in [0.05, 0.1) is 19.3 Å². The van der Waals surface area contributed by atoms with E-state index < -0.39 is 0 Å². The van der Waals surface area contributed by atoms with Crippen LogP contribution in [-0.4, -0.2) is 61.1 Å². The number of likely N-dealkylation sites (tertiary alicyclic amines) is 1. The summed E-state index contributed by atoms with van der Waals surface area (Å²) in [7, 11) is 0. The maximum absolute atomic E-state index is 12.4. The highest BCUT2D eigenvalue weighted by molar-refractivity contribution is 5.78. The van der Waals surface area contributed by atoms with E-state index in [4.69, 9.17) is 4.74 Å². The number of carbonyl (C=O) groups excluding carboxylic acids is 1. The SMILES string of the molecule is CC[C@H]1CN(C(=O)CN2CCCCCCC2)CCO1.